The second-order valence-electron chi connectivity index (χ2n) is 7.24. The quantitative estimate of drug-likeness (QED) is 0.755. The molecule has 2 fully saturated rings. The van der Waals surface area contributed by atoms with Crippen molar-refractivity contribution in [3.8, 4) is 0 Å². The van der Waals surface area contributed by atoms with Crippen molar-refractivity contribution in [2.75, 3.05) is 13.1 Å². The first-order chi connectivity index (χ1) is 11.6. The molecule has 1 aromatic carbocycles. The number of rotatable bonds is 4. The van der Waals surface area contributed by atoms with Crippen molar-refractivity contribution >= 4 is 11.6 Å². The van der Waals surface area contributed by atoms with E-state index < -0.39 is 0 Å². The van der Waals surface area contributed by atoms with E-state index in [-0.39, 0.29) is 17.4 Å². The van der Waals surface area contributed by atoms with Gasteiger partial charge in [0.1, 0.15) is 0 Å². The van der Waals surface area contributed by atoms with Gasteiger partial charge < -0.3 is 4.90 Å². The van der Waals surface area contributed by atoms with Gasteiger partial charge in [0.15, 0.2) is 0 Å². The molecule has 0 aromatic heterocycles. The SMILES string of the molecule is C=CCN1C[C@@H](C)[C@]2(CCCCC2=N[C@H](C)c2ccccc2)C1=O. The molecule has 3 nitrogen and oxygen atoms in total. The van der Waals surface area contributed by atoms with Crippen LogP contribution >= 0.6 is 0 Å². The largest absolute Gasteiger partial charge is 0.338 e. The Hall–Kier alpha value is -1.90. The maximum absolute atomic E-state index is 13.2. The van der Waals surface area contributed by atoms with Crippen LogP contribution in [0.3, 0.4) is 0 Å². The summed E-state index contributed by atoms with van der Waals surface area (Å²) in [6, 6.07) is 10.5. The predicted molar refractivity (Wildman–Crippen MR) is 99.1 cm³/mol. The molecule has 0 radical (unpaired) electrons. The zero-order chi connectivity index (χ0) is 17.2. The lowest BCUT2D eigenvalue weighted by Crippen LogP contribution is -2.45. The maximum Gasteiger partial charge on any atom is 0.235 e. The molecule has 0 N–H and O–H groups in total. The zero-order valence-electron chi connectivity index (χ0n) is 14.9. The molecule has 1 amide bonds. The van der Waals surface area contributed by atoms with Gasteiger partial charge in [-0.2, -0.15) is 0 Å². The first kappa shape index (κ1) is 16.9. The van der Waals surface area contributed by atoms with Gasteiger partial charge in [0.05, 0.1) is 11.5 Å². The molecule has 3 rings (SSSR count). The summed E-state index contributed by atoms with van der Waals surface area (Å²) in [6.07, 6.45) is 5.99. The van der Waals surface area contributed by atoms with Crippen LogP contribution in [0.25, 0.3) is 0 Å². The molecule has 1 spiro atoms. The van der Waals surface area contributed by atoms with Crippen molar-refractivity contribution in [3.63, 3.8) is 0 Å². The topological polar surface area (TPSA) is 32.7 Å². The molecule has 2 aliphatic rings. The third-order valence-corrected chi connectivity index (χ3v) is 5.73. The highest BCUT2D eigenvalue weighted by Gasteiger charge is 2.55. The number of benzene rings is 1. The number of carbonyl (C=O) groups is 1. The fourth-order valence-corrected chi connectivity index (χ4v) is 4.42. The minimum atomic E-state index is -0.371. The molecule has 1 heterocycles. The van der Waals surface area contributed by atoms with Gasteiger partial charge in [-0.3, -0.25) is 9.79 Å². The van der Waals surface area contributed by atoms with Crippen molar-refractivity contribution in [3.05, 3.63) is 48.6 Å². The Balaban J connectivity index is 1.95. The van der Waals surface area contributed by atoms with Crippen LogP contribution in [-0.4, -0.2) is 29.6 Å². The van der Waals surface area contributed by atoms with Crippen LogP contribution in [0.1, 0.15) is 51.1 Å². The Morgan fingerprint density at radius 1 is 1.38 bits per heavy atom. The van der Waals surface area contributed by atoms with Crippen LogP contribution in [0, 0.1) is 11.3 Å². The summed E-state index contributed by atoms with van der Waals surface area (Å²) in [5.41, 5.74) is 1.98. The maximum atomic E-state index is 13.2. The summed E-state index contributed by atoms with van der Waals surface area (Å²) >= 11 is 0. The van der Waals surface area contributed by atoms with Crippen LogP contribution in [-0.2, 0) is 4.79 Å². The summed E-state index contributed by atoms with van der Waals surface area (Å²) in [7, 11) is 0. The van der Waals surface area contributed by atoms with Crippen molar-refractivity contribution < 1.29 is 4.79 Å². The van der Waals surface area contributed by atoms with Gasteiger partial charge in [0.2, 0.25) is 5.91 Å². The second kappa shape index (κ2) is 6.92. The smallest absolute Gasteiger partial charge is 0.235 e. The van der Waals surface area contributed by atoms with Gasteiger partial charge in [-0.15, -0.1) is 6.58 Å². The number of likely N-dealkylation sites (tertiary alicyclic amines) is 1. The van der Waals surface area contributed by atoms with E-state index in [4.69, 9.17) is 4.99 Å². The highest BCUT2D eigenvalue weighted by atomic mass is 16.2. The van der Waals surface area contributed by atoms with E-state index in [1.165, 1.54) is 5.56 Å². The zero-order valence-corrected chi connectivity index (χ0v) is 14.9. The second-order valence-corrected chi connectivity index (χ2v) is 7.24. The summed E-state index contributed by atoms with van der Waals surface area (Å²) in [4.78, 5) is 20.3. The van der Waals surface area contributed by atoms with Crippen LogP contribution in [0.15, 0.2) is 48.0 Å². The third-order valence-electron chi connectivity index (χ3n) is 5.73. The number of hydrogen-bond donors (Lipinski definition) is 0. The highest BCUT2D eigenvalue weighted by molar-refractivity contribution is 6.10. The Labute approximate surface area is 145 Å². The van der Waals surface area contributed by atoms with E-state index in [0.29, 0.717) is 12.5 Å². The standard InChI is InChI=1S/C21H28N2O/c1-4-14-23-15-16(2)21(20(23)24)13-9-8-12-19(21)22-17(3)18-10-6-5-7-11-18/h4-7,10-11,16-17H,1,8-9,12-15H2,2-3H3/t16-,17-,21+/m1/s1. The minimum Gasteiger partial charge on any atom is -0.338 e. The van der Waals surface area contributed by atoms with Crippen molar-refractivity contribution in [2.45, 2.75) is 45.6 Å². The average molecular weight is 324 g/mol. The Kier molecular flexibility index (Phi) is 4.88. The van der Waals surface area contributed by atoms with Gasteiger partial charge in [0, 0.05) is 18.8 Å². The van der Waals surface area contributed by atoms with Crippen LogP contribution in [0.4, 0.5) is 0 Å². The normalized spacial score (nSPS) is 30.1. The van der Waals surface area contributed by atoms with Gasteiger partial charge in [-0.25, -0.2) is 0 Å². The number of amides is 1. The molecule has 1 aliphatic carbocycles. The molecule has 1 saturated heterocycles. The number of hydrogen-bond acceptors (Lipinski definition) is 2. The number of carbonyl (C=O) groups excluding carboxylic acids is 1. The molecule has 1 aromatic rings. The summed E-state index contributed by atoms with van der Waals surface area (Å²) in [5.74, 6) is 0.598. The molecular weight excluding hydrogens is 296 g/mol. The van der Waals surface area contributed by atoms with Gasteiger partial charge in [0.25, 0.3) is 0 Å². The van der Waals surface area contributed by atoms with E-state index in [1.54, 1.807) is 0 Å². The van der Waals surface area contributed by atoms with E-state index in [1.807, 2.05) is 17.0 Å². The molecule has 0 bridgehead atoms. The predicted octanol–water partition coefficient (Wildman–Crippen LogP) is 4.41. The fourth-order valence-electron chi connectivity index (χ4n) is 4.42. The van der Waals surface area contributed by atoms with E-state index in [2.05, 4.69) is 44.7 Å². The molecule has 1 aliphatic heterocycles. The molecule has 128 valence electrons. The Morgan fingerprint density at radius 2 is 2.12 bits per heavy atom. The molecular formula is C21H28N2O. The van der Waals surface area contributed by atoms with Crippen LogP contribution < -0.4 is 0 Å². The minimum absolute atomic E-state index is 0.102. The molecule has 0 unspecified atom stereocenters. The van der Waals surface area contributed by atoms with E-state index in [9.17, 15) is 4.79 Å². The Bertz CT molecular complexity index is 636. The van der Waals surface area contributed by atoms with Crippen LogP contribution in [0.2, 0.25) is 0 Å². The first-order valence-electron chi connectivity index (χ1n) is 9.12. The molecule has 3 atom stereocenters. The Morgan fingerprint density at radius 3 is 2.83 bits per heavy atom. The van der Waals surface area contributed by atoms with Crippen molar-refractivity contribution in [1.29, 1.82) is 0 Å². The number of nitrogens with zero attached hydrogens (tertiary/aromatic N) is 2. The van der Waals surface area contributed by atoms with Crippen LogP contribution in [0.5, 0.6) is 0 Å². The molecule has 3 heteroatoms. The summed E-state index contributed by atoms with van der Waals surface area (Å²) < 4.78 is 0. The summed E-state index contributed by atoms with van der Waals surface area (Å²) in [5, 5.41) is 0. The van der Waals surface area contributed by atoms with Gasteiger partial charge in [-0.05, 0) is 37.7 Å². The van der Waals surface area contributed by atoms with Gasteiger partial charge in [-0.1, -0.05) is 49.8 Å². The molecule has 24 heavy (non-hydrogen) atoms. The third kappa shape index (κ3) is 2.81. The summed E-state index contributed by atoms with van der Waals surface area (Å²) in [6.45, 7) is 9.62. The number of aliphatic imine (C=N–C) groups is 1. The first-order valence-corrected chi connectivity index (χ1v) is 9.12. The average Bonchev–Trinajstić information content (AvgIpc) is 2.83. The monoisotopic (exact) mass is 324 g/mol. The lowest BCUT2D eigenvalue weighted by Gasteiger charge is -2.37. The lowest BCUT2D eigenvalue weighted by molar-refractivity contribution is -0.133. The van der Waals surface area contributed by atoms with E-state index in [0.717, 1.165) is 37.9 Å². The van der Waals surface area contributed by atoms with Crippen molar-refractivity contribution in [1.82, 2.24) is 4.90 Å². The molecule has 1 saturated carbocycles. The fraction of sp³-hybridized carbons (Fsp3) is 0.524. The van der Waals surface area contributed by atoms with Crippen molar-refractivity contribution in [2.24, 2.45) is 16.3 Å². The van der Waals surface area contributed by atoms with Gasteiger partial charge >= 0.3 is 0 Å². The van der Waals surface area contributed by atoms with E-state index >= 15 is 0 Å². The lowest BCUT2D eigenvalue weighted by atomic mass is 9.66. The highest BCUT2D eigenvalue weighted by Crippen LogP contribution is 2.47.